The Balaban J connectivity index is 0.00000220. The summed E-state index contributed by atoms with van der Waals surface area (Å²) in [5.41, 5.74) is 2.28. The molecule has 2 aromatic rings. The Labute approximate surface area is 138 Å². The minimum absolute atomic E-state index is 0. The Hall–Kier alpha value is -1.16. The zero-order chi connectivity index (χ0) is 14.6. The van der Waals surface area contributed by atoms with Crippen molar-refractivity contribution in [3.63, 3.8) is 0 Å². The van der Waals surface area contributed by atoms with Crippen LogP contribution in [-0.2, 0) is 6.54 Å². The summed E-state index contributed by atoms with van der Waals surface area (Å²) in [6.45, 7) is 3.02. The smallest absolute Gasteiger partial charge is 0.130 e. The van der Waals surface area contributed by atoms with E-state index in [1.54, 1.807) is 0 Å². The summed E-state index contributed by atoms with van der Waals surface area (Å²) in [4.78, 5) is 0. The second kappa shape index (κ2) is 7.74. The van der Waals surface area contributed by atoms with Gasteiger partial charge < -0.3 is 26.6 Å². The average molecular weight is 350 g/mol. The van der Waals surface area contributed by atoms with Crippen LogP contribution in [0.2, 0.25) is 0 Å². The predicted molar refractivity (Wildman–Crippen MR) is 83.1 cm³/mol. The molecular weight excluding hydrogens is 326 g/mol. The van der Waals surface area contributed by atoms with Gasteiger partial charge in [0.05, 0.1) is 14.1 Å². The molecule has 0 aliphatic rings. The van der Waals surface area contributed by atoms with Gasteiger partial charge in [0.2, 0.25) is 0 Å². The zero-order valence-electron chi connectivity index (χ0n) is 12.9. The Kier molecular flexibility index (Phi) is 6.59. The Morgan fingerprint density at radius 3 is 1.90 bits per heavy atom. The van der Waals surface area contributed by atoms with E-state index in [2.05, 4.69) is 45.3 Å². The van der Waals surface area contributed by atoms with Crippen molar-refractivity contribution in [3.05, 3.63) is 71.8 Å². The Bertz CT molecular complexity index is 527. The maximum atomic E-state index is 10.6. The number of aliphatic hydroxyl groups is 1. The highest BCUT2D eigenvalue weighted by Gasteiger charge is 2.31. The summed E-state index contributed by atoms with van der Waals surface area (Å²) >= 11 is 0. The van der Waals surface area contributed by atoms with E-state index < -0.39 is 6.10 Å². The first-order valence-electron chi connectivity index (χ1n) is 7.10. The van der Waals surface area contributed by atoms with E-state index >= 15 is 0 Å². The third-order valence-electron chi connectivity index (χ3n) is 4.13. The number of quaternary nitrogens is 1. The van der Waals surface area contributed by atoms with Crippen molar-refractivity contribution in [2.45, 2.75) is 25.6 Å². The van der Waals surface area contributed by atoms with Gasteiger partial charge in [0.25, 0.3) is 0 Å². The molecule has 2 atom stereocenters. The lowest BCUT2D eigenvalue weighted by molar-refractivity contribution is -0.930. The van der Waals surface area contributed by atoms with Gasteiger partial charge in [-0.15, -0.1) is 0 Å². The van der Waals surface area contributed by atoms with E-state index in [1.165, 1.54) is 5.56 Å². The van der Waals surface area contributed by atoms with Gasteiger partial charge in [-0.05, 0) is 12.5 Å². The van der Waals surface area contributed by atoms with E-state index in [1.807, 2.05) is 36.4 Å². The van der Waals surface area contributed by atoms with Crippen LogP contribution in [0.15, 0.2) is 60.7 Å². The Morgan fingerprint density at radius 1 is 0.905 bits per heavy atom. The molecule has 3 heteroatoms. The van der Waals surface area contributed by atoms with Gasteiger partial charge >= 0.3 is 0 Å². The molecule has 0 bridgehead atoms. The summed E-state index contributed by atoms with van der Waals surface area (Å²) in [7, 11) is 4.34. The van der Waals surface area contributed by atoms with Gasteiger partial charge in [0.1, 0.15) is 18.7 Å². The minimum atomic E-state index is -0.449. The molecule has 0 spiro atoms. The molecule has 2 nitrogen and oxygen atoms in total. The molecule has 114 valence electrons. The molecule has 0 amide bonds. The molecule has 0 unspecified atom stereocenters. The number of hydrogen-bond donors (Lipinski definition) is 1. The van der Waals surface area contributed by atoms with Crippen molar-refractivity contribution >= 4 is 0 Å². The molecule has 0 heterocycles. The van der Waals surface area contributed by atoms with Crippen molar-refractivity contribution in [3.8, 4) is 0 Å². The van der Waals surface area contributed by atoms with Crippen LogP contribution in [0.5, 0.6) is 0 Å². The van der Waals surface area contributed by atoms with Gasteiger partial charge in [0, 0.05) is 5.56 Å². The van der Waals surface area contributed by atoms with Crippen molar-refractivity contribution < 1.29 is 26.6 Å². The number of nitrogens with zero attached hydrogens (tertiary/aromatic N) is 1. The van der Waals surface area contributed by atoms with Crippen molar-refractivity contribution in [1.29, 1.82) is 0 Å². The molecule has 1 N–H and O–H groups in total. The number of rotatable bonds is 5. The molecule has 0 aromatic heterocycles. The Morgan fingerprint density at radius 2 is 1.38 bits per heavy atom. The van der Waals surface area contributed by atoms with Crippen molar-refractivity contribution in [2.75, 3.05) is 14.1 Å². The third-order valence-corrected chi connectivity index (χ3v) is 4.13. The predicted octanol–water partition coefficient (Wildman–Crippen LogP) is 0.389. The minimum Gasteiger partial charge on any atom is -1.00 e. The molecule has 0 saturated heterocycles. The number of likely N-dealkylation sites (N-methyl/N-ethyl adjacent to an activating group) is 1. The fraction of sp³-hybridized carbons (Fsp3) is 0.333. The van der Waals surface area contributed by atoms with Crippen LogP contribution in [0.25, 0.3) is 0 Å². The van der Waals surface area contributed by atoms with Gasteiger partial charge in [-0.1, -0.05) is 60.7 Å². The fourth-order valence-corrected chi connectivity index (χ4v) is 2.51. The first kappa shape index (κ1) is 17.9. The quantitative estimate of drug-likeness (QED) is 0.774. The molecule has 0 saturated carbocycles. The monoisotopic (exact) mass is 349 g/mol. The summed E-state index contributed by atoms with van der Waals surface area (Å²) in [5.74, 6) is 0. The number of hydrogen-bond acceptors (Lipinski definition) is 1. The normalized spacial score (nSPS) is 14.1. The van der Waals surface area contributed by atoms with Crippen LogP contribution in [0.3, 0.4) is 0 Å². The molecule has 0 radical (unpaired) electrons. The molecule has 21 heavy (non-hydrogen) atoms. The van der Waals surface area contributed by atoms with Crippen LogP contribution >= 0.6 is 0 Å². The lowest BCUT2D eigenvalue weighted by Gasteiger charge is -2.38. The van der Waals surface area contributed by atoms with Crippen LogP contribution in [0, 0.1) is 0 Å². The molecule has 2 aromatic carbocycles. The molecule has 0 aliphatic carbocycles. The molecule has 0 fully saturated rings. The van der Waals surface area contributed by atoms with E-state index in [9.17, 15) is 5.11 Å². The van der Waals surface area contributed by atoms with Gasteiger partial charge in [-0.2, -0.15) is 0 Å². The standard InChI is InChI=1S/C18H24NO.BrH/c1-15(18(20)17-12-8-5-9-13-17)19(2,3)14-16-10-6-4-7-11-16;/h4-13,15,18,20H,14H2,1-3H3;1H/q+1;/p-1/t15-,18-;/m0./s1. The second-order valence-electron chi connectivity index (χ2n) is 6.02. The molecule has 0 aliphatic heterocycles. The van der Waals surface area contributed by atoms with E-state index in [0.29, 0.717) is 0 Å². The first-order valence-corrected chi connectivity index (χ1v) is 7.10. The zero-order valence-corrected chi connectivity index (χ0v) is 14.5. The van der Waals surface area contributed by atoms with E-state index in [0.717, 1.165) is 16.6 Å². The van der Waals surface area contributed by atoms with Gasteiger partial charge in [-0.3, -0.25) is 0 Å². The van der Waals surface area contributed by atoms with Crippen molar-refractivity contribution in [1.82, 2.24) is 0 Å². The summed E-state index contributed by atoms with van der Waals surface area (Å²) < 4.78 is 0.750. The molecular formula is C18H24BrNO. The second-order valence-corrected chi connectivity index (χ2v) is 6.02. The van der Waals surface area contributed by atoms with Gasteiger partial charge in [-0.25, -0.2) is 0 Å². The van der Waals surface area contributed by atoms with Crippen molar-refractivity contribution in [2.24, 2.45) is 0 Å². The van der Waals surface area contributed by atoms with Crippen LogP contribution < -0.4 is 17.0 Å². The summed E-state index contributed by atoms with van der Waals surface area (Å²) in [6.07, 6.45) is -0.449. The van der Waals surface area contributed by atoms with Gasteiger partial charge in [0.15, 0.2) is 0 Å². The van der Waals surface area contributed by atoms with E-state index in [-0.39, 0.29) is 23.0 Å². The van der Waals surface area contributed by atoms with Crippen LogP contribution in [0.1, 0.15) is 24.2 Å². The maximum absolute atomic E-state index is 10.6. The lowest BCUT2D eigenvalue weighted by Crippen LogP contribution is -3.00. The van der Waals surface area contributed by atoms with Crippen LogP contribution in [0.4, 0.5) is 0 Å². The highest BCUT2D eigenvalue weighted by molar-refractivity contribution is 5.18. The lowest BCUT2D eigenvalue weighted by atomic mass is 10.0. The summed E-state index contributed by atoms with van der Waals surface area (Å²) in [6, 6.07) is 20.5. The third kappa shape index (κ3) is 4.67. The fourth-order valence-electron chi connectivity index (χ4n) is 2.51. The first-order chi connectivity index (χ1) is 9.50. The summed E-state index contributed by atoms with van der Waals surface area (Å²) in [5, 5.41) is 10.6. The number of benzene rings is 2. The highest BCUT2D eigenvalue weighted by atomic mass is 79.9. The topological polar surface area (TPSA) is 20.2 Å². The van der Waals surface area contributed by atoms with Crippen LogP contribution in [-0.4, -0.2) is 29.7 Å². The SMILES string of the molecule is C[C@@H]([C@H](O)c1ccccc1)[N+](C)(C)Cc1ccccc1.[Br-]. The highest BCUT2D eigenvalue weighted by Crippen LogP contribution is 2.25. The maximum Gasteiger partial charge on any atom is 0.130 e. The average Bonchev–Trinajstić information content (AvgIpc) is 2.47. The van der Waals surface area contributed by atoms with E-state index in [4.69, 9.17) is 0 Å². The largest absolute Gasteiger partial charge is 1.00 e. The number of aliphatic hydroxyl groups excluding tert-OH is 1. The molecule has 2 rings (SSSR count). The number of halogens is 1.